The summed E-state index contributed by atoms with van der Waals surface area (Å²) in [6.45, 7) is 3.26. The Hall–Kier alpha value is -1.90. The van der Waals surface area contributed by atoms with Gasteiger partial charge < -0.3 is 15.2 Å². The number of carbonyl (C=O) groups is 3. The summed E-state index contributed by atoms with van der Waals surface area (Å²) >= 11 is 0. The Balaban J connectivity index is 4.11. The Morgan fingerprint density at radius 1 is 1.32 bits per heavy atom. The molecule has 1 atom stereocenters. The molecular weight excluding hydrogens is 271 g/mol. The largest absolute Gasteiger partial charge is 0.491 e. The number of hydrogen-bond acceptors (Lipinski definition) is 6. The van der Waals surface area contributed by atoms with Crippen molar-refractivity contribution in [2.45, 2.75) is 25.1 Å². The second-order valence-electron chi connectivity index (χ2n) is 3.32. The highest BCUT2D eigenvalue weighted by Crippen LogP contribution is 2.17. The molecule has 19 heavy (non-hydrogen) atoms. The third-order valence-corrected chi connectivity index (χ3v) is 1.75. The molecule has 9 heteroatoms. The van der Waals surface area contributed by atoms with Gasteiger partial charge >= 0.3 is 24.1 Å². The maximum atomic E-state index is 11.8. The van der Waals surface area contributed by atoms with E-state index in [9.17, 15) is 27.6 Å². The minimum absolute atomic E-state index is 0.0366. The van der Waals surface area contributed by atoms with Gasteiger partial charge in [-0.25, -0.2) is 9.59 Å². The van der Waals surface area contributed by atoms with Crippen LogP contribution < -0.4 is 5.73 Å². The summed E-state index contributed by atoms with van der Waals surface area (Å²) in [6.07, 6.45) is -4.57. The van der Waals surface area contributed by atoms with E-state index in [1.54, 1.807) is 0 Å². The minimum atomic E-state index is -5.28. The zero-order valence-electron chi connectivity index (χ0n) is 9.74. The van der Waals surface area contributed by atoms with Crippen molar-refractivity contribution in [1.29, 1.82) is 0 Å². The lowest BCUT2D eigenvalue weighted by Gasteiger charge is -2.10. The molecule has 0 radical (unpaired) electrons. The highest BCUT2D eigenvalue weighted by Gasteiger charge is 2.43. The van der Waals surface area contributed by atoms with E-state index in [1.165, 1.54) is 6.08 Å². The lowest BCUT2D eigenvalue weighted by molar-refractivity contribution is -0.202. The fraction of sp³-hybridized carbons (Fsp3) is 0.500. The van der Waals surface area contributed by atoms with Crippen molar-refractivity contribution < 1.29 is 37.0 Å². The van der Waals surface area contributed by atoms with Crippen molar-refractivity contribution in [3.05, 3.63) is 12.7 Å². The van der Waals surface area contributed by atoms with E-state index in [0.717, 1.165) is 0 Å². The van der Waals surface area contributed by atoms with Gasteiger partial charge in [0.2, 0.25) is 0 Å². The molecule has 0 aliphatic heterocycles. The Bertz CT molecular complexity index is 367. The molecule has 0 spiro atoms. The van der Waals surface area contributed by atoms with Crippen LogP contribution in [0.3, 0.4) is 0 Å². The smallest absolute Gasteiger partial charge is 0.461 e. The van der Waals surface area contributed by atoms with Crippen LogP contribution in [0, 0.1) is 0 Å². The zero-order chi connectivity index (χ0) is 15.1. The van der Waals surface area contributed by atoms with Crippen LogP contribution in [0.15, 0.2) is 12.7 Å². The average Bonchev–Trinajstić information content (AvgIpc) is 2.31. The molecule has 0 heterocycles. The average molecular weight is 283 g/mol. The summed E-state index contributed by atoms with van der Waals surface area (Å²) in [5.41, 5.74) is 5.16. The first kappa shape index (κ1) is 17.1. The lowest BCUT2D eigenvalue weighted by atomic mass is 10.2. The predicted molar refractivity (Wildman–Crippen MR) is 55.5 cm³/mol. The first-order valence-corrected chi connectivity index (χ1v) is 5.03. The molecule has 0 bridgehead atoms. The summed E-state index contributed by atoms with van der Waals surface area (Å²) in [7, 11) is 0. The normalized spacial score (nSPS) is 12.4. The van der Waals surface area contributed by atoms with E-state index in [1.807, 2.05) is 0 Å². The highest BCUT2D eigenvalue weighted by molar-refractivity contribution is 5.91. The quantitative estimate of drug-likeness (QED) is 0.432. The van der Waals surface area contributed by atoms with Crippen LogP contribution in [-0.4, -0.2) is 36.7 Å². The van der Waals surface area contributed by atoms with Gasteiger partial charge in [-0.15, -0.1) is 0 Å². The summed E-state index contributed by atoms with van der Waals surface area (Å²) in [6, 6.07) is -1.53. The number of rotatable bonds is 6. The minimum Gasteiger partial charge on any atom is -0.461 e. The van der Waals surface area contributed by atoms with Crippen LogP contribution in [0.5, 0.6) is 0 Å². The summed E-state index contributed by atoms with van der Waals surface area (Å²) < 4.78 is 43.4. The number of alkyl halides is 3. The Labute approximate surface area is 106 Å². The van der Waals surface area contributed by atoms with Gasteiger partial charge in [0.1, 0.15) is 12.6 Å². The van der Waals surface area contributed by atoms with Crippen molar-refractivity contribution in [2.24, 2.45) is 5.73 Å². The molecule has 0 amide bonds. The van der Waals surface area contributed by atoms with Gasteiger partial charge in [-0.2, -0.15) is 13.2 Å². The molecule has 0 rings (SSSR count). The van der Waals surface area contributed by atoms with E-state index in [-0.39, 0.29) is 19.4 Å². The fourth-order valence-corrected chi connectivity index (χ4v) is 0.840. The first-order valence-electron chi connectivity index (χ1n) is 5.03. The predicted octanol–water partition coefficient (Wildman–Crippen LogP) is 0.455. The van der Waals surface area contributed by atoms with E-state index in [2.05, 4.69) is 16.1 Å². The van der Waals surface area contributed by atoms with Crippen LogP contribution in [0.25, 0.3) is 0 Å². The number of ether oxygens (including phenoxy) is 2. The molecule has 0 aliphatic rings. The molecule has 0 fully saturated rings. The Morgan fingerprint density at radius 3 is 2.37 bits per heavy atom. The third-order valence-electron chi connectivity index (χ3n) is 1.75. The van der Waals surface area contributed by atoms with E-state index in [0.29, 0.717) is 0 Å². The van der Waals surface area contributed by atoms with Crippen LogP contribution in [0.4, 0.5) is 13.2 Å². The second-order valence-corrected chi connectivity index (χ2v) is 3.32. The SMILES string of the molecule is C=CCOC(=O)CC[C@@H](N)C(=O)OC(=O)C(F)(F)F. The van der Waals surface area contributed by atoms with Gasteiger partial charge in [-0.1, -0.05) is 12.7 Å². The van der Waals surface area contributed by atoms with Crippen LogP contribution in [-0.2, 0) is 23.9 Å². The maximum Gasteiger partial charge on any atom is 0.491 e. The van der Waals surface area contributed by atoms with E-state index < -0.39 is 30.1 Å². The Kier molecular flexibility index (Phi) is 6.76. The zero-order valence-corrected chi connectivity index (χ0v) is 9.74. The fourth-order valence-electron chi connectivity index (χ4n) is 0.840. The van der Waals surface area contributed by atoms with Crippen LogP contribution >= 0.6 is 0 Å². The molecule has 108 valence electrons. The van der Waals surface area contributed by atoms with Gasteiger partial charge in [0.05, 0.1) is 0 Å². The lowest BCUT2D eigenvalue weighted by Crippen LogP contribution is -2.38. The number of nitrogens with two attached hydrogens (primary N) is 1. The maximum absolute atomic E-state index is 11.8. The first-order chi connectivity index (χ1) is 8.68. The Morgan fingerprint density at radius 2 is 1.89 bits per heavy atom. The highest BCUT2D eigenvalue weighted by atomic mass is 19.4. The van der Waals surface area contributed by atoms with Crippen molar-refractivity contribution in [2.75, 3.05) is 6.61 Å². The van der Waals surface area contributed by atoms with Crippen LogP contribution in [0.1, 0.15) is 12.8 Å². The number of carbonyl (C=O) groups excluding carboxylic acids is 3. The van der Waals surface area contributed by atoms with Crippen molar-refractivity contribution in [3.8, 4) is 0 Å². The molecule has 0 aromatic rings. The number of halogens is 3. The molecule has 0 aromatic heterocycles. The molecule has 0 aromatic carbocycles. The van der Waals surface area contributed by atoms with Crippen molar-refractivity contribution >= 4 is 17.9 Å². The third kappa shape index (κ3) is 7.19. The molecule has 2 N–H and O–H groups in total. The molecule has 0 saturated carbocycles. The monoisotopic (exact) mass is 283 g/mol. The molecule has 0 saturated heterocycles. The summed E-state index contributed by atoms with van der Waals surface area (Å²) in [5.74, 6) is -4.91. The second kappa shape index (κ2) is 7.52. The van der Waals surface area contributed by atoms with Gasteiger partial charge in [0, 0.05) is 6.42 Å². The summed E-state index contributed by atoms with van der Waals surface area (Å²) in [4.78, 5) is 32.3. The van der Waals surface area contributed by atoms with Gasteiger partial charge in [-0.3, -0.25) is 4.79 Å². The van der Waals surface area contributed by atoms with Crippen molar-refractivity contribution in [1.82, 2.24) is 0 Å². The van der Waals surface area contributed by atoms with Gasteiger partial charge in [-0.05, 0) is 6.42 Å². The molecule has 6 nitrogen and oxygen atoms in total. The molecule has 0 aliphatic carbocycles. The number of hydrogen-bond donors (Lipinski definition) is 1. The van der Waals surface area contributed by atoms with Crippen molar-refractivity contribution in [3.63, 3.8) is 0 Å². The van der Waals surface area contributed by atoms with E-state index in [4.69, 9.17) is 5.73 Å². The van der Waals surface area contributed by atoms with Gasteiger partial charge in [0.15, 0.2) is 0 Å². The topological polar surface area (TPSA) is 95.7 Å². The van der Waals surface area contributed by atoms with Gasteiger partial charge in [0.25, 0.3) is 0 Å². The number of esters is 3. The standard InChI is InChI=1S/C10H12F3NO5/c1-2-5-18-7(15)4-3-6(14)8(16)19-9(17)10(11,12)13/h2,6H,1,3-5,14H2/t6-/m1/s1. The molecular formula is C10H12F3NO5. The van der Waals surface area contributed by atoms with Crippen LogP contribution in [0.2, 0.25) is 0 Å². The summed E-state index contributed by atoms with van der Waals surface area (Å²) in [5, 5.41) is 0. The van der Waals surface area contributed by atoms with E-state index >= 15 is 0 Å². The molecule has 0 unspecified atom stereocenters.